The Labute approximate surface area is 283 Å². The Morgan fingerprint density at radius 1 is 1.00 bits per heavy atom. The number of unbranched alkanes of at least 4 members (excludes halogenated alkanes) is 1. The van der Waals surface area contributed by atoms with E-state index in [1.165, 1.54) is 0 Å². The third-order valence-electron chi connectivity index (χ3n) is 9.69. The highest BCUT2D eigenvalue weighted by molar-refractivity contribution is 6.01. The number of benzene rings is 3. The van der Waals surface area contributed by atoms with Crippen LogP contribution in [-0.2, 0) is 27.3 Å². The van der Waals surface area contributed by atoms with Gasteiger partial charge in [0.25, 0.3) is 0 Å². The fourth-order valence-corrected chi connectivity index (χ4v) is 7.50. The Morgan fingerprint density at radius 3 is 2.56 bits per heavy atom. The predicted molar refractivity (Wildman–Crippen MR) is 184 cm³/mol. The number of carbonyl (C=O) groups excluding carboxylic acids is 2. The molecule has 0 aliphatic carbocycles. The van der Waals surface area contributed by atoms with Crippen LogP contribution in [0.5, 0.6) is 11.5 Å². The average Bonchev–Trinajstić information content (AvgIpc) is 3.74. The second-order valence-corrected chi connectivity index (χ2v) is 14.2. The SMILES string of the molecule is CCCCN(C(=O)CN1C[C@H](c2ccc3c(c2)OCO3)C(C(=O)O)[C@@H]1CCN1C(=O)Cc2ccccc21)c1cccc(C[N+](C)(C)C)c1. The number of hydrogen-bond acceptors (Lipinski definition) is 6. The van der Waals surface area contributed by atoms with E-state index in [1.54, 1.807) is 4.90 Å². The second kappa shape index (κ2) is 14.0. The summed E-state index contributed by atoms with van der Waals surface area (Å²) in [6, 6.07) is 21.1. The summed E-state index contributed by atoms with van der Waals surface area (Å²) in [4.78, 5) is 46.2. The number of nitrogens with zero attached hydrogens (tertiary/aromatic N) is 4. The van der Waals surface area contributed by atoms with Gasteiger partial charge in [-0.05, 0) is 54.3 Å². The zero-order valence-electron chi connectivity index (χ0n) is 28.4. The van der Waals surface area contributed by atoms with E-state index >= 15 is 0 Å². The predicted octanol–water partition coefficient (Wildman–Crippen LogP) is 4.90. The number of anilines is 2. The minimum atomic E-state index is -0.915. The summed E-state index contributed by atoms with van der Waals surface area (Å²) >= 11 is 0. The van der Waals surface area contributed by atoms with Crippen LogP contribution in [0.15, 0.2) is 66.7 Å². The molecule has 254 valence electrons. The standard InChI is InChI=1S/C38H46N4O6/c1-5-6-17-40(29-12-9-10-26(19-29)24-42(2,3)4)36(44)23-39-22-30(27-14-15-33-34(20-27)48-25-47-33)37(38(45)46)32(39)16-18-41-31-13-8-7-11-28(31)21-35(41)43/h7-15,19-20,30,32,37H,5-6,16-18,21-25H2,1-4H3/p+1/t30-,32+,37?/m1/s1. The van der Waals surface area contributed by atoms with Crippen molar-refractivity contribution in [2.24, 2.45) is 5.92 Å². The fourth-order valence-electron chi connectivity index (χ4n) is 7.50. The number of amides is 2. The highest BCUT2D eigenvalue weighted by Gasteiger charge is 2.48. The van der Waals surface area contributed by atoms with E-state index in [9.17, 15) is 19.5 Å². The molecule has 3 aliphatic rings. The van der Waals surface area contributed by atoms with E-state index in [2.05, 4.69) is 40.2 Å². The maximum Gasteiger partial charge on any atom is 0.308 e. The first-order valence-corrected chi connectivity index (χ1v) is 17.0. The first-order valence-electron chi connectivity index (χ1n) is 17.0. The van der Waals surface area contributed by atoms with Crippen molar-refractivity contribution in [3.8, 4) is 11.5 Å². The van der Waals surface area contributed by atoms with E-state index in [-0.39, 0.29) is 31.1 Å². The largest absolute Gasteiger partial charge is 0.481 e. The van der Waals surface area contributed by atoms with Gasteiger partial charge >= 0.3 is 5.97 Å². The molecule has 3 aromatic rings. The molecule has 1 unspecified atom stereocenters. The van der Waals surface area contributed by atoms with Crippen molar-refractivity contribution in [2.75, 3.05) is 63.9 Å². The highest BCUT2D eigenvalue weighted by atomic mass is 16.7. The van der Waals surface area contributed by atoms with Crippen LogP contribution in [0.25, 0.3) is 0 Å². The quantitative estimate of drug-likeness (QED) is 0.262. The summed E-state index contributed by atoms with van der Waals surface area (Å²) in [5.74, 6) is -0.901. The number of carboxylic acid groups (broad SMARTS) is 1. The molecule has 3 heterocycles. The molecule has 48 heavy (non-hydrogen) atoms. The van der Waals surface area contributed by atoms with E-state index in [0.29, 0.717) is 44.0 Å². The zero-order chi connectivity index (χ0) is 34.0. The van der Waals surface area contributed by atoms with Crippen molar-refractivity contribution < 1.29 is 33.4 Å². The number of para-hydroxylation sites is 1. The van der Waals surface area contributed by atoms with Crippen molar-refractivity contribution in [2.45, 2.75) is 51.1 Å². The number of likely N-dealkylation sites (tertiary alicyclic amines) is 1. The molecule has 0 radical (unpaired) electrons. The van der Waals surface area contributed by atoms with Crippen LogP contribution in [0, 0.1) is 5.92 Å². The lowest BCUT2D eigenvalue weighted by Gasteiger charge is -2.31. The minimum absolute atomic E-state index is 0.00974. The molecule has 10 nitrogen and oxygen atoms in total. The summed E-state index contributed by atoms with van der Waals surface area (Å²) in [6.45, 7) is 4.48. The monoisotopic (exact) mass is 655 g/mol. The molecule has 0 aromatic heterocycles. The van der Waals surface area contributed by atoms with Crippen LogP contribution in [0.4, 0.5) is 11.4 Å². The van der Waals surface area contributed by atoms with Gasteiger partial charge in [-0.1, -0.05) is 49.7 Å². The van der Waals surface area contributed by atoms with Crippen molar-refractivity contribution in [1.29, 1.82) is 0 Å². The number of ether oxygens (including phenoxy) is 2. The third-order valence-corrected chi connectivity index (χ3v) is 9.69. The van der Waals surface area contributed by atoms with Gasteiger partial charge in [-0.3, -0.25) is 19.3 Å². The zero-order valence-corrected chi connectivity index (χ0v) is 28.4. The summed E-state index contributed by atoms with van der Waals surface area (Å²) < 4.78 is 11.9. The van der Waals surface area contributed by atoms with E-state index in [1.807, 2.05) is 64.4 Å². The van der Waals surface area contributed by atoms with Crippen molar-refractivity contribution in [3.05, 3.63) is 83.4 Å². The fraction of sp³-hybridized carbons (Fsp3) is 0.447. The Hall–Kier alpha value is -4.41. The lowest BCUT2D eigenvalue weighted by atomic mass is 9.84. The van der Waals surface area contributed by atoms with Gasteiger partial charge in [0, 0.05) is 48.5 Å². The first-order chi connectivity index (χ1) is 23.0. The molecule has 3 atom stereocenters. The number of aliphatic carboxylic acids is 1. The van der Waals surface area contributed by atoms with Gasteiger partial charge in [-0.25, -0.2) is 0 Å². The van der Waals surface area contributed by atoms with E-state index in [4.69, 9.17) is 9.47 Å². The third kappa shape index (κ3) is 7.19. The second-order valence-electron chi connectivity index (χ2n) is 14.2. The molecule has 3 aromatic carbocycles. The normalized spacial score (nSPS) is 20.3. The van der Waals surface area contributed by atoms with Crippen LogP contribution < -0.4 is 19.3 Å². The summed E-state index contributed by atoms with van der Waals surface area (Å²) in [5.41, 5.74) is 4.70. The molecule has 1 saturated heterocycles. The van der Waals surface area contributed by atoms with Gasteiger partial charge in [0.15, 0.2) is 11.5 Å². The molecule has 1 N–H and O–H groups in total. The van der Waals surface area contributed by atoms with Gasteiger partial charge in [-0.15, -0.1) is 0 Å². The number of rotatable bonds is 13. The van der Waals surface area contributed by atoms with Crippen LogP contribution in [-0.4, -0.2) is 92.4 Å². The van der Waals surface area contributed by atoms with Crippen LogP contribution in [0.3, 0.4) is 0 Å². The van der Waals surface area contributed by atoms with Crippen LogP contribution >= 0.6 is 0 Å². The van der Waals surface area contributed by atoms with Gasteiger partial charge in [0.1, 0.15) is 6.54 Å². The maximum absolute atomic E-state index is 14.3. The highest BCUT2D eigenvalue weighted by Crippen LogP contribution is 2.43. The molecule has 0 bridgehead atoms. The Morgan fingerprint density at radius 2 is 1.79 bits per heavy atom. The van der Waals surface area contributed by atoms with E-state index in [0.717, 1.165) is 51.9 Å². The van der Waals surface area contributed by atoms with Crippen LogP contribution in [0.1, 0.15) is 48.8 Å². The summed E-state index contributed by atoms with van der Waals surface area (Å²) in [6.07, 6.45) is 2.54. The number of hydrogen-bond donors (Lipinski definition) is 1. The summed E-state index contributed by atoms with van der Waals surface area (Å²) in [5, 5.41) is 10.7. The van der Waals surface area contributed by atoms with Crippen molar-refractivity contribution in [1.82, 2.24) is 4.90 Å². The maximum atomic E-state index is 14.3. The number of carbonyl (C=O) groups is 3. The van der Waals surface area contributed by atoms with Gasteiger partial charge in [0.05, 0.1) is 40.0 Å². The lowest BCUT2D eigenvalue weighted by Crippen LogP contribution is -2.46. The summed E-state index contributed by atoms with van der Waals surface area (Å²) in [7, 11) is 6.43. The number of quaternary nitrogens is 1. The molecule has 2 amide bonds. The van der Waals surface area contributed by atoms with Crippen molar-refractivity contribution in [3.63, 3.8) is 0 Å². The van der Waals surface area contributed by atoms with Crippen LogP contribution in [0.2, 0.25) is 0 Å². The first kappa shape index (κ1) is 33.5. The average molecular weight is 656 g/mol. The molecule has 10 heteroatoms. The van der Waals surface area contributed by atoms with Crippen molar-refractivity contribution >= 4 is 29.2 Å². The molecular formula is C38H47N4O6+. The van der Waals surface area contributed by atoms with Gasteiger partial charge in [-0.2, -0.15) is 0 Å². The molecule has 1 fully saturated rings. The van der Waals surface area contributed by atoms with Gasteiger partial charge < -0.3 is 28.9 Å². The minimum Gasteiger partial charge on any atom is -0.481 e. The Bertz CT molecular complexity index is 1670. The topological polar surface area (TPSA) is 99.6 Å². The smallest absolute Gasteiger partial charge is 0.308 e. The number of carboxylic acids is 1. The number of fused-ring (bicyclic) bond motifs is 2. The Kier molecular flexibility index (Phi) is 9.75. The Balaban J connectivity index is 1.30. The molecule has 3 aliphatic heterocycles. The molecule has 6 rings (SSSR count). The molecule has 0 saturated carbocycles. The molecular weight excluding hydrogens is 608 g/mol. The van der Waals surface area contributed by atoms with Gasteiger partial charge in [0.2, 0.25) is 18.6 Å². The lowest BCUT2D eigenvalue weighted by molar-refractivity contribution is -0.884. The molecule has 0 spiro atoms. The van der Waals surface area contributed by atoms with E-state index < -0.39 is 17.9 Å².